The largest absolute Gasteiger partial charge is 0.494 e. The van der Waals surface area contributed by atoms with Crippen LogP contribution in [-0.4, -0.2) is 36.7 Å². The Labute approximate surface area is 123 Å². The molecule has 1 fully saturated rings. The van der Waals surface area contributed by atoms with Gasteiger partial charge in [-0.15, -0.1) is 0 Å². The molecular formula is C17H28N2O. The molecule has 0 saturated carbocycles. The van der Waals surface area contributed by atoms with Gasteiger partial charge in [-0.2, -0.15) is 0 Å². The average Bonchev–Trinajstić information content (AvgIpc) is 2.46. The van der Waals surface area contributed by atoms with E-state index in [1.54, 1.807) is 0 Å². The Hall–Kier alpha value is -1.06. The van der Waals surface area contributed by atoms with E-state index in [0.29, 0.717) is 12.1 Å². The van der Waals surface area contributed by atoms with Crippen molar-refractivity contribution < 1.29 is 4.74 Å². The number of benzene rings is 1. The van der Waals surface area contributed by atoms with Crippen LogP contribution in [0.3, 0.4) is 0 Å². The van der Waals surface area contributed by atoms with Crippen LogP contribution in [0.2, 0.25) is 0 Å². The average molecular weight is 276 g/mol. The van der Waals surface area contributed by atoms with Crippen molar-refractivity contribution >= 4 is 0 Å². The molecule has 1 aliphatic rings. The smallest absolute Gasteiger partial charge is 0.119 e. The molecule has 1 heterocycles. The van der Waals surface area contributed by atoms with E-state index in [1.165, 1.54) is 31.5 Å². The molecule has 1 aromatic carbocycles. The summed E-state index contributed by atoms with van der Waals surface area (Å²) in [4.78, 5) is 2.56. The third kappa shape index (κ3) is 4.50. The monoisotopic (exact) mass is 276 g/mol. The highest BCUT2D eigenvalue weighted by atomic mass is 16.5. The Morgan fingerprint density at radius 3 is 2.70 bits per heavy atom. The van der Waals surface area contributed by atoms with E-state index in [4.69, 9.17) is 4.74 Å². The molecule has 0 aromatic heterocycles. The number of hydrogen-bond acceptors (Lipinski definition) is 3. The molecule has 0 aliphatic carbocycles. The zero-order chi connectivity index (χ0) is 14.4. The van der Waals surface area contributed by atoms with Gasteiger partial charge >= 0.3 is 0 Å². The second kappa shape index (κ2) is 7.65. The van der Waals surface area contributed by atoms with Gasteiger partial charge in [0, 0.05) is 18.6 Å². The van der Waals surface area contributed by atoms with Crippen LogP contribution >= 0.6 is 0 Å². The van der Waals surface area contributed by atoms with Crippen LogP contribution < -0.4 is 10.1 Å². The topological polar surface area (TPSA) is 24.5 Å². The lowest BCUT2D eigenvalue weighted by Gasteiger charge is -2.35. The van der Waals surface area contributed by atoms with Gasteiger partial charge in [0.15, 0.2) is 0 Å². The fourth-order valence-corrected chi connectivity index (χ4v) is 2.79. The van der Waals surface area contributed by atoms with Crippen LogP contribution in [0.5, 0.6) is 5.75 Å². The molecule has 0 amide bonds. The Morgan fingerprint density at radius 1 is 1.30 bits per heavy atom. The van der Waals surface area contributed by atoms with Gasteiger partial charge in [0.25, 0.3) is 0 Å². The standard InChI is InChI=1S/C17H28N2O/c1-4-20-17-7-5-6-15(12-17)13-18-16-8-10-19(11-9-16)14(2)3/h5-7,12,14,16,18H,4,8-11,13H2,1-3H3. The second-order valence-corrected chi connectivity index (χ2v) is 5.87. The first-order valence-corrected chi connectivity index (χ1v) is 7.88. The van der Waals surface area contributed by atoms with Crippen LogP contribution in [0.4, 0.5) is 0 Å². The molecule has 1 N–H and O–H groups in total. The summed E-state index contributed by atoms with van der Waals surface area (Å²) in [7, 11) is 0. The number of nitrogens with one attached hydrogen (secondary N) is 1. The van der Waals surface area contributed by atoms with E-state index in [1.807, 2.05) is 13.0 Å². The SMILES string of the molecule is CCOc1cccc(CNC2CCN(C(C)C)CC2)c1. The van der Waals surface area contributed by atoms with Gasteiger partial charge in [0.2, 0.25) is 0 Å². The van der Waals surface area contributed by atoms with Crippen molar-refractivity contribution in [1.82, 2.24) is 10.2 Å². The zero-order valence-corrected chi connectivity index (χ0v) is 13.1. The van der Waals surface area contributed by atoms with E-state index >= 15 is 0 Å². The Balaban J connectivity index is 1.77. The van der Waals surface area contributed by atoms with Crippen LogP contribution in [0.25, 0.3) is 0 Å². The quantitative estimate of drug-likeness (QED) is 0.864. The molecule has 3 heteroatoms. The summed E-state index contributed by atoms with van der Waals surface area (Å²) in [5.74, 6) is 0.974. The number of likely N-dealkylation sites (tertiary alicyclic amines) is 1. The molecule has 3 nitrogen and oxygen atoms in total. The molecule has 20 heavy (non-hydrogen) atoms. The van der Waals surface area contributed by atoms with Gasteiger partial charge in [-0.05, 0) is 64.4 Å². The number of piperidine rings is 1. The predicted molar refractivity (Wildman–Crippen MR) is 84.2 cm³/mol. The molecule has 1 aliphatic heterocycles. The molecular weight excluding hydrogens is 248 g/mol. The summed E-state index contributed by atoms with van der Waals surface area (Å²) in [5.41, 5.74) is 1.31. The third-order valence-electron chi connectivity index (χ3n) is 4.06. The fraction of sp³-hybridized carbons (Fsp3) is 0.647. The first-order valence-electron chi connectivity index (χ1n) is 7.88. The maximum absolute atomic E-state index is 5.54. The minimum absolute atomic E-state index is 0.653. The van der Waals surface area contributed by atoms with Gasteiger partial charge in [-0.3, -0.25) is 0 Å². The highest BCUT2D eigenvalue weighted by Gasteiger charge is 2.20. The molecule has 1 saturated heterocycles. The van der Waals surface area contributed by atoms with E-state index in [2.05, 4.69) is 42.3 Å². The summed E-state index contributed by atoms with van der Waals surface area (Å²) in [6.07, 6.45) is 2.51. The molecule has 2 rings (SSSR count). The minimum Gasteiger partial charge on any atom is -0.494 e. The zero-order valence-electron chi connectivity index (χ0n) is 13.1. The first-order chi connectivity index (χ1) is 9.69. The normalized spacial score (nSPS) is 17.6. The Kier molecular flexibility index (Phi) is 5.86. The first kappa shape index (κ1) is 15.3. The van der Waals surface area contributed by atoms with Crippen molar-refractivity contribution in [3.8, 4) is 5.75 Å². The summed E-state index contributed by atoms with van der Waals surface area (Å²) >= 11 is 0. The Bertz CT molecular complexity index is 398. The number of ether oxygens (including phenoxy) is 1. The molecule has 0 unspecified atom stereocenters. The van der Waals surface area contributed by atoms with Crippen molar-refractivity contribution in [2.75, 3.05) is 19.7 Å². The summed E-state index contributed by atoms with van der Waals surface area (Å²) in [5, 5.41) is 3.68. The minimum atomic E-state index is 0.653. The van der Waals surface area contributed by atoms with E-state index in [9.17, 15) is 0 Å². The van der Waals surface area contributed by atoms with Crippen molar-refractivity contribution in [3.05, 3.63) is 29.8 Å². The lowest BCUT2D eigenvalue weighted by atomic mass is 10.0. The van der Waals surface area contributed by atoms with Crippen molar-refractivity contribution in [2.24, 2.45) is 0 Å². The van der Waals surface area contributed by atoms with E-state index in [0.717, 1.165) is 18.9 Å². The predicted octanol–water partition coefficient (Wildman–Crippen LogP) is 3.05. The van der Waals surface area contributed by atoms with Crippen molar-refractivity contribution in [2.45, 2.75) is 52.2 Å². The van der Waals surface area contributed by atoms with Gasteiger partial charge in [0.1, 0.15) is 5.75 Å². The van der Waals surface area contributed by atoms with E-state index in [-0.39, 0.29) is 0 Å². The lowest BCUT2D eigenvalue weighted by Crippen LogP contribution is -2.44. The van der Waals surface area contributed by atoms with Crippen LogP contribution in [0, 0.1) is 0 Å². The Morgan fingerprint density at radius 2 is 2.05 bits per heavy atom. The van der Waals surface area contributed by atoms with Crippen LogP contribution in [0.1, 0.15) is 39.2 Å². The molecule has 1 aromatic rings. The lowest BCUT2D eigenvalue weighted by molar-refractivity contribution is 0.161. The maximum atomic E-state index is 5.54. The third-order valence-corrected chi connectivity index (χ3v) is 4.06. The van der Waals surface area contributed by atoms with Gasteiger partial charge in [-0.1, -0.05) is 12.1 Å². The second-order valence-electron chi connectivity index (χ2n) is 5.87. The van der Waals surface area contributed by atoms with E-state index < -0.39 is 0 Å². The summed E-state index contributed by atoms with van der Waals surface area (Å²) in [6, 6.07) is 9.73. The fourth-order valence-electron chi connectivity index (χ4n) is 2.79. The number of rotatable bonds is 6. The van der Waals surface area contributed by atoms with Gasteiger partial charge in [-0.25, -0.2) is 0 Å². The molecule has 0 radical (unpaired) electrons. The molecule has 112 valence electrons. The molecule has 0 atom stereocenters. The van der Waals surface area contributed by atoms with Gasteiger partial charge < -0.3 is 15.0 Å². The summed E-state index contributed by atoms with van der Waals surface area (Å²) in [6.45, 7) is 10.7. The van der Waals surface area contributed by atoms with Crippen LogP contribution in [0.15, 0.2) is 24.3 Å². The molecule has 0 bridgehead atoms. The maximum Gasteiger partial charge on any atom is 0.119 e. The highest BCUT2D eigenvalue weighted by Crippen LogP contribution is 2.16. The van der Waals surface area contributed by atoms with Crippen molar-refractivity contribution in [1.29, 1.82) is 0 Å². The number of nitrogens with zero attached hydrogens (tertiary/aromatic N) is 1. The van der Waals surface area contributed by atoms with Crippen LogP contribution in [-0.2, 0) is 6.54 Å². The summed E-state index contributed by atoms with van der Waals surface area (Å²) < 4.78 is 5.54. The highest BCUT2D eigenvalue weighted by molar-refractivity contribution is 5.28. The van der Waals surface area contributed by atoms with Gasteiger partial charge in [0.05, 0.1) is 6.61 Å². The number of hydrogen-bond donors (Lipinski definition) is 1. The van der Waals surface area contributed by atoms with Crippen molar-refractivity contribution in [3.63, 3.8) is 0 Å². The molecule has 0 spiro atoms.